The molecule has 0 spiro atoms. The van der Waals surface area contributed by atoms with E-state index in [-0.39, 0.29) is 24.4 Å². The second kappa shape index (κ2) is 8.42. The molecule has 31 heavy (non-hydrogen) atoms. The van der Waals surface area contributed by atoms with E-state index in [0.29, 0.717) is 12.1 Å². The fraction of sp³-hybridized carbons (Fsp3) is 0.308. The Morgan fingerprint density at radius 3 is 2.77 bits per heavy atom. The van der Waals surface area contributed by atoms with Crippen molar-refractivity contribution in [2.75, 3.05) is 13.1 Å². The summed E-state index contributed by atoms with van der Waals surface area (Å²) in [6.07, 6.45) is 9.96. The van der Waals surface area contributed by atoms with Gasteiger partial charge in [-0.15, -0.1) is 0 Å². The van der Waals surface area contributed by atoms with Crippen LogP contribution in [0.2, 0.25) is 0 Å². The number of carbonyl (C=O) groups excluding carboxylic acids is 2. The van der Waals surface area contributed by atoms with Gasteiger partial charge in [-0.05, 0) is 49.8 Å². The number of hydrogen-bond acceptors (Lipinski definition) is 2. The third kappa shape index (κ3) is 3.76. The summed E-state index contributed by atoms with van der Waals surface area (Å²) in [5.74, 6) is -0.196. The summed E-state index contributed by atoms with van der Waals surface area (Å²) in [6.45, 7) is 0.675. The van der Waals surface area contributed by atoms with Gasteiger partial charge in [-0.25, -0.2) is 0 Å². The number of fused-ring (bicyclic) bond motifs is 2. The van der Waals surface area contributed by atoms with E-state index < -0.39 is 0 Å². The van der Waals surface area contributed by atoms with Crippen molar-refractivity contribution in [1.82, 2.24) is 15.2 Å². The number of H-pyrrole nitrogens is 1. The van der Waals surface area contributed by atoms with Crippen LogP contribution in [0.3, 0.4) is 0 Å². The Bertz CT molecular complexity index is 1160. The number of para-hydroxylation sites is 1. The van der Waals surface area contributed by atoms with Gasteiger partial charge < -0.3 is 15.2 Å². The number of amides is 2. The van der Waals surface area contributed by atoms with Crippen molar-refractivity contribution in [3.63, 3.8) is 0 Å². The molecular weight excluding hydrogens is 386 g/mol. The number of benzene rings is 2. The van der Waals surface area contributed by atoms with Gasteiger partial charge in [0.1, 0.15) is 6.54 Å². The number of aromatic amines is 1. The van der Waals surface area contributed by atoms with Gasteiger partial charge >= 0.3 is 0 Å². The van der Waals surface area contributed by atoms with E-state index in [2.05, 4.69) is 22.4 Å². The average molecular weight is 414 g/mol. The van der Waals surface area contributed by atoms with Crippen molar-refractivity contribution in [2.24, 2.45) is 0 Å². The molecule has 1 unspecified atom stereocenters. The van der Waals surface area contributed by atoms with Crippen LogP contribution in [0, 0.1) is 0 Å². The lowest BCUT2D eigenvalue weighted by Crippen LogP contribution is -2.40. The maximum absolute atomic E-state index is 13.2. The van der Waals surface area contributed by atoms with Crippen LogP contribution in [-0.4, -0.2) is 34.8 Å². The van der Waals surface area contributed by atoms with E-state index in [1.165, 1.54) is 18.4 Å². The zero-order valence-electron chi connectivity index (χ0n) is 17.6. The van der Waals surface area contributed by atoms with Crippen LogP contribution in [0.15, 0.2) is 66.4 Å². The first-order valence-electron chi connectivity index (χ1n) is 11.1. The predicted octanol–water partition coefficient (Wildman–Crippen LogP) is 4.72. The molecule has 5 heteroatoms. The number of rotatable bonds is 6. The monoisotopic (exact) mass is 413 g/mol. The topological polar surface area (TPSA) is 65.2 Å². The van der Waals surface area contributed by atoms with Gasteiger partial charge in [0.15, 0.2) is 0 Å². The highest BCUT2D eigenvalue weighted by Crippen LogP contribution is 2.40. The molecule has 0 fully saturated rings. The van der Waals surface area contributed by atoms with Gasteiger partial charge in [0.05, 0.1) is 6.04 Å². The summed E-state index contributed by atoms with van der Waals surface area (Å²) >= 11 is 0. The Morgan fingerprint density at radius 1 is 1.06 bits per heavy atom. The summed E-state index contributed by atoms with van der Waals surface area (Å²) in [6, 6.07) is 15.5. The zero-order chi connectivity index (χ0) is 21.2. The van der Waals surface area contributed by atoms with Gasteiger partial charge in [0.25, 0.3) is 5.91 Å². The van der Waals surface area contributed by atoms with Crippen molar-refractivity contribution < 1.29 is 9.59 Å². The van der Waals surface area contributed by atoms with E-state index >= 15 is 0 Å². The molecule has 0 saturated carbocycles. The summed E-state index contributed by atoms with van der Waals surface area (Å²) in [4.78, 5) is 31.0. The third-order valence-corrected chi connectivity index (χ3v) is 6.44. The molecule has 2 heterocycles. The number of allylic oxidation sites excluding steroid dienone is 1. The highest BCUT2D eigenvalue weighted by Gasteiger charge is 2.39. The molecule has 5 rings (SSSR count). The molecule has 1 aliphatic carbocycles. The highest BCUT2D eigenvalue weighted by molar-refractivity contribution is 6.02. The third-order valence-electron chi connectivity index (χ3n) is 6.44. The molecule has 3 aromatic rings. The smallest absolute Gasteiger partial charge is 0.255 e. The summed E-state index contributed by atoms with van der Waals surface area (Å²) < 4.78 is 0. The standard InChI is InChI=1S/C26H27N3O2/c30-24(27-15-14-18-8-2-1-3-9-18)17-29-25(20-11-4-5-12-21(20)26(29)31)22-16-28-23-13-7-6-10-19(22)23/h4-8,10-13,16,25,28H,1-3,9,14-15,17H2,(H,27,30). The summed E-state index contributed by atoms with van der Waals surface area (Å²) in [5, 5.41) is 4.10. The largest absolute Gasteiger partial charge is 0.361 e. The van der Waals surface area contributed by atoms with Crippen LogP contribution in [0.1, 0.15) is 59.6 Å². The molecule has 1 aliphatic heterocycles. The minimum absolute atomic E-state index is 0.0523. The van der Waals surface area contributed by atoms with Gasteiger partial charge in [0.2, 0.25) is 5.91 Å². The van der Waals surface area contributed by atoms with Crippen LogP contribution >= 0.6 is 0 Å². The Hall–Kier alpha value is -3.34. The average Bonchev–Trinajstić information content (AvgIpc) is 3.34. The van der Waals surface area contributed by atoms with Crippen molar-refractivity contribution in [2.45, 2.75) is 38.1 Å². The van der Waals surface area contributed by atoms with Crippen molar-refractivity contribution in [3.05, 3.63) is 83.1 Å². The van der Waals surface area contributed by atoms with Crippen molar-refractivity contribution >= 4 is 22.7 Å². The molecule has 0 bridgehead atoms. The molecule has 2 aliphatic rings. The number of hydrogen-bond donors (Lipinski definition) is 2. The Morgan fingerprint density at radius 2 is 1.90 bits per heavy atom. The minimum Gasteiger partial charge on any atom is -0.361 e. The number of nitrogens with zero attached hydrogens (tertiary/aromatic N) is 1. The Labute approximate surface area is 182 Å². The predicted molar refractivity (Wildman–Crippen MR) is 122 cm³/mol. The van der Waals surface area contributed by atoms with Crippen LogP contribution in [0.4, 0.5) is 0 Å². The zero-order valence-corrected chi connectivity index (χ0v) is 17.6. The molecule has 0 saturated heterocycles. The van der Waals surface area contributed by atoms with Gasteiger partial charge in [-0.2, -0.15) is 0 Å². The second-order valence-electron chi connectivity index (χ2n) is 8.42. The lowest BCUT2D eigenvalue weighted by atomic mass is 9.97. The van der Waals surface area contributed by atoms with E-state index in [0.717, 1.165) is 41.3 Å². The first kappa shape index (κ1) is 19.6. The molecule has 5 nitrogen and oxygen atoms in total. The normalized spacial score (nSPS) is 18.2. The molecule has 2 N–H and O–H groups in total. The lowest BCUT2D eigenvalue weighted by molar-refractivity contribution is -0.122. The molecule has 1 atom stereocenters. The van der Waals surface area contributed by atoms with Crippen LogP contribution in [0.25, 0.3) is 10.9 Å². The maximum atomic E-state index is 13.2. The van der Waals surface area contributed by atoms with Gasteiger partial charge in [0, 0.05) is 34.8 Å². The fourth-order valence-electron chi connectivity index (χ4n) is 4.89. The van der Waals surface area contributed by atoms with E-state index in [1.807, 2.05) is 48.7 Å². The van der Waals surface area contributed by atoms with Gasteiger partial charge in [-0.3, -0.25) is 9.59 Å². The molecule has 1 aromatic heterocycles. The van der Waals surface area contributed by atoms with Crippen molar-refractivity contribution in [1.29, 1.82) is 0 Å². The van der Waals surface area contributed by atoms with E-state index in [9.17, 15) is 9.59 Å². The quantitative estimate of drug-likeness (QED) is 0.574. The van der Waals surface area contributed by atoms with Crippen molar-refractivity contribution in [3.8, 4) is 0 Å². The Balaban J connectivity index is 1.37. The Kier molecular flexibility index (Phi) is 5.33. The molecule has 0 radical (unpaired) electrons. The minimum atomic E-state index is -0.272. The first-order chi connectivity index (χ1) is 15.2. The molecule has 2 amide bonds. The molecular formula is C26H27N3O2. The number of aromatic nitrogens is 1. The maximum Gasteiger partial charge on any atom is 0.255 e. The number of carbonyl (C=O) groups is 2. The summed E-state index contributed by atoms with van der Waals surface area (Å²) in [7, 11) is 0. The molecule has 2 aromatic carbocycles. The van der Waals surface area contributed by atoms with E-state index in [1.54, 1.807) is 4.90 Å². The fourth-order valence-corrected chi connectivity index (χ4v) is 4.89. The van der Waals surface area contributed by atoms with Gasteiger partial charge in [-0.1, -0.05) is 48.0 Å². The van der Waals surface area contributed by atoms with Crippen LogP contribution in [0.5, 0.6) is 0 Å². The summed E-state index contributed by atoms with van der Waals surface area (Å²) in [5.41, 5.74) is 5.12. The molecule has 158 valence electrons. The lowest BCUT2D eigenvalue weighted by Gasteiger charge is -2.25. The highest BCUT2D eigenvalue weighted by atomic mass is 16.2. The second-order valence-corrected chi connectivity index (χ2v) is 8.42. The van der Waals surface area contributed by atoms with E-state index in [4.69, 9.17) is 0 Å². The first-order valence-corrected chi connectivity index (χ1v) is 11.1. The SMILES string of the molecule is O=C(CN1C(=O)c2ccccc2C1c1c[nH]c2ccccc12)NCCC1=CCCCC1. The van der Waals surface area contributed by atoms with Crippen LogP contribution in [-0.2, 0) is 4.79 Å². The number of nitrogens with one attached hydrogen (secondary N) is 2. The van der Waals surface area contributed by atoms with Crippen LogP contribution < -0.4 is 5.32 Å².